The number of nitrogens with zero attached hydrogens (tertiary/aromatic N) is 2. The second-order valence-electron chi connectivity index (χ2n) is 8.64. The summed E-state index contributed by atoms with van der Waals surface area (Å²) in [5.41, 5.74) is 2.58. The van der Waals surface area contributed by atoms with Gasteiger partial charge < -0.3 is 25.6 Å². The first-order valence-electron chi connectivity index (χ1n) is 11.8. The molecule has 1 aromatic rings. The molecular formula is C24H39N5O2. The molecule has 1 aliphatic heterocycles. The standard InChI is InChI=1S/C24H39N5O2/c1-3-25-23(28-19-24(11-5-6-12-24)13-16-31-4-2)27-17-20-7-9-21(10-8-20)29-15-14-26-22(30)18-29/h7-10H,3-6,11-19H2,1-2H3,(H,26,30)(H2,25,27,28). The highest BCUT2D eigenvalue weighted by atomic mass is 16.5. The number of carbonyl (C=O) groups is 1. The van der Waals surface area contributed by atoms with E-state index >= 15 is 0 Å². The molecule has 7 nitrogen and oxygen atoms in total. The van der Waals surface area contributed by atoms with E-state index in [1.54, 1.807) is 0 Å². The average molecular weight is 430 g/mol. The van der Waals surface area contributed by atoms with Gasteiger partial charge in [0.05, 0.1) is 13.1 Å². The van der Waals surface area contributed by atoms with Gasteiger partial charge in [-0.15, -0.1) is 0 Å². The number of nitrogens with one attached hydrogen (secondary N) is 3. The van der Waals surface area contributed by atoms with Gasteiger partial charge in [-0.1, -0.05) is 25.0 Å². The number of benzene rings is 1. The third-order valence-corrected chi connectivity index (χ3v) is 6.38. The molecule has 1 aliphatic carbocycles. The number of guanidine groups is 1. The molecule has 172 valence electrons. The minimum absolute atomic E-state index is 0.0857. The van der Waals surface area contributed by atoms with Crippen molar-refractivity contribution < 1.29 is 9.53 Å². The van der Waals surface area contributed by atoms with Crippen molar-refractivity contribution in [1.29, 1.82) is 0 Å². The van der Waals surface area contributed by atoms with Gasteiger partial charge in [0, 0.05) is 45.1 Å². The monoisotopic (exact) mass is 429 g/mol. The van der Waals surface area contributed by atoms with E-state index in [-0.39, 0.29) is 5.91 Å². The van der Waals surface area contributed by atoms with Crippen LogP contribution in [0.5, 0.6) is 0 Å². The number of carbonyl (C=O) groups excluding carboxylic acids is 1. The summed E-state index contributed by atoms with van der Waals surface area (Å²) in [5.74, 6) is 0.963. The zero-order valence-corrected chi connectivity index (χ0v) is 19.2. The number of hydrogen-bond donors (Lipinski definition) is 3. The van der Waals surface area contributed by atoms with Crippen LogP contribution >= 0.6 is 0 Å². The molecule has 0 atom stereocenters. The molecule has 0 unspecified atom stereocenters. The Morgan fingerprint density at radius 1 is 1.19 bits per heavy atom. The summed E-state index contributed by atoms with van der Waals surface area (Å²) >= 11 is 0. The molecule has 1 heterocycles. The first-order chi connectivity index (χ1) is 15.1. The first-order valence-corrected chi connectivity index (χ1v) is 11.8. The van der Waals surface area contributed by atoms with E-state index in [2.05, 4.69) is 59.0 Å². The maximum atomic E-state index is 11.6. The van der Waals surface area contributed by atoms with Gasteiger partial charge in [-0.05, 0) is 56.2 Å². The maximum Gasteiger partial charge on any atom is 0.239 e. The van der Waals surface area contributed by atoms with Crippen LogP contribution in [0.2, 0.25) is 0 Å². The topological polar surface area (TPSA) is 78.0 Å². The van der Waals surface area contributed by atoms with Crippen LogP contribution in [0.4, 0.5) is 5.69 Å². The minimum Gasteiger partial charge on any atom is -0.382 e. The molecule has 0 spiro atoms. The van der Waals surface area contributed by atoms with Crippen molar-refractivity contribution in [1.82, 2.24) is 16.0 Å². The molecule has 1 amide bonds. The second kappa shape index (κ2) is 11.9. The Balaban J connectivity index is 1.55. The molecule has 31 heavy (non-hydrogen) atoms. The summed E-state index contributed by atoms with van der Waals surface area (Å²) in [4.78, 5) is 18.5. The molecule has 1 saturated carbocycles. The predicted molar refractivity (Wildman–Crippen MR) is 126 cm³/mol. The predicted octanol–water partition coefficient (Wildman–Crippen LogP) is 2.66. The minimum atomic E-state index is 0.0857. The Kier molecular flexibility index (Phi) is 9.00. The van der Waals surface area contributed by atoms with Crippen LogP contribution in [0.1, 0.15) is 51.5 Å². The molecule has 0 bridgehead atoms. The normalized spacial score (nSPS) is 18.7. The molecule has 3 N–H and O–H groups in total. The van der Waals surface area contributed by atoms with Crippen LogP contribution < -0.4 is 20.9 Å². The van der Waals surface area contributed by atoms with Crippen LogP contribution in [0.25, 0.3) is 0 Å². The molecule has 0 aromatic heterocycles. The smallest absolute Gasteiger partial charge is 0.239 e. The highest BCUT2D eigenvalue weighted by Gasteiger charge is 2.33. The van der Waals surface area contributed by atoms with Gasteiger partial charge in [-0.3, -0.25) is 4.79 Å². The van der Waals surface area contributed by atoms with Crippen molar-refractivity contribution in [2.24, 2.45) is 10.4 Å². The highest BCUT2D eigenvalue weighted by Crippen LogP contribution is 2.40. The van der Waals surface area contributed by atoms with Crippen molar-refractivity contribution in [2.45, 2.75) is 52.5 Å². The molecule has 3 rings (SSSR count). The summed E-state index contributed by atoms with van der Waals surface area (Å²) < 4.78 is 5.64. The Labute approximate surface area is 187 Å². The number of ether oxygens (including phenoxy) is 1. The van der Waals surface area contributed by atoms with Gasteiger partial charge in [0.2, 0.25) is 5.91 Å². The Hall–Kier alpha value is -2.28. The van der Waals surface area contributed by atoms with Crippen LogP contribution in [0, 0.1) is 5.41 Å². The molecule has 7 heteroatoms. The maximum absolute atomic E-state index is 11.6. The van der Waals surface area contributed by atoms with E-state index in [4.69, 9.17) is 9.73 Å². The van der Waals surface area contributed by atoms with Crippen LogP contribution in [-0.2, 0) is 16.1 Å². The van der Waals surface area contributed by atoms with Crippen molar-refractivity contribution in [3.05, 3.63) is 29.8 Å². The fourth-order valence-electron chi connectivity index (χ4n) is 4.53. The van der Waals surface area contributed by atoms with Crippen molar-refractivity contribution >= 4 is 17.6 Å². The van der Waals surface area contributed by atoms with Gasteiger partial charge in [-0.25, -0.2) is 4.99 Å². The van der Waals surface area contributed by atoms with Gasteiger partial charge in [-0.2, -0.15) is 0 Å². The van der Waals surface area contributed by atoms with Crippen LogP contribution in [0.15, 0.2) is 29.3 Å². The molecule has 2 fully saturated rings. The largest absolute Gasteiger partial charge is 0.382 e. The van der Waals surface area contributed by atoms with E-state index in [1.165, 1.54) is 25.7 Å². The van der Waals surface area contributed by atoms with E-state index in [9.17, 15) is 4.79 Å². The number of amides is 1. The Morgan fingerprint density at radius 2 is 1.97 bits per heavy atom. The highest BCUT2D eigenvalue weighted by molar-refractivity contribution is 5.82. The van der Waals surface area contributed by atoms with Crippen molar-refractivity contribution in [2.75, 3.05) is 50.8 Å². The molecule has 0 radical (unpaired) electrons. The molecule has 2 aliphatic rings. The van der Waals surface area contributed by atoms with Gasteiger partial charge >= 0.3 is 0 Å². The van der Waals surface area contributed by atoms with E-state index in [1.807, 2.05) is 0 Å². The summed E-state index contributed by atoms with van der Waals surface area (Å²) in [7, 11) is 0. The lowest BCUT2D eigenvalue weighted by Crippen LogP contribution is -2.47. The number of piperazine rings is 1. The van der Waals surface area contributed by atoms with Gasteiger partial charge in [0.25, 0.3) is 0 Å². The molecular weight excluding hydrogens is 390 g/mol. The summed E-state index contributed by atoms with van der Waals surface area (Å²) in [6.45, 7) is 10.2. The third-order valence-electron chi connectivity index (χ3n) is 6.38. The quantitative estimate of drug-likeness (QED) is 0.303. The summed E-state index contributed by atoms with van der Waals surface area (Å²) in [6, 6.07) is 8.39. The lowest BCUT2D eigenvalue weighted by molar-refractivity contribution is -0.120. The van der Waals surface area contributed by atoms with Crippen molar-refractivity contribution in [3.63, 3.8) is 0 Å². The molecule has 1 aromatic carbocycles. The van der Waals surface area contributed by atoms with Gasteiger partial charge in [0.1, 0.15) is 0 Å². The summed E-state index contributed by atoms with van der Waals surface area (Å²) in [5, 5.41) is 9.85. The fourth-order valence-corrected chi connectivity index (χ4v) is 4.53. The van der Waals surface area contributed by atoms with Gasteiger partial charge in [0.15, 0.2) is 5.96 Å². The number of anilines is 1. The van der Waals surface area contributed by atoms with E-state index < -0.39 is 0 Å². The lowest BCUT2D eigenvalue weighted by atomic mass is 9.83. The Morgan fingerprint density at radius 3 is 2.65 bits per heavy atom. The third kappa shape index (κ3) is 7.13. The number of rotatable bonds is 10. The van der Waals surface area contributed by atoms with Crippen LogP contribution in [0.3, 0.4) is 0 Å². The average Bonchev–Trinajstić information content (AvgIpc) is 3.25. The van der Waals surface area contributed by atoms with Crippen molar-refractivity contribution in [3.8, 4) is 0 Å². The second-order valence-corrected chi connectivity index (χ2v) is 8.64. The van der Waals surface area contributed by atoms with Crippen LogP contribution in [-0.4, -0.2) is 57.8 Å². The lowest BCUT2D eigenvalue weighted by Gasteiger charge is -2.30. The zero-order chi connectivity index (χ0) is 21.9. The zero-order valence-electron chi connectivity index (χ0n) is 19.2. The fraction of sp³-hybridized carbons (Fsp3) is 0.667. The first kappa shape index (κ1) is 23.4. The number of aliphatic imine (C=N–C) groups is 1. The SMILES string of the molecule is CCNC(=NCc1ccc(N2CCNC(=O)C2)cc1)NCC1(CCOCC)CCCC1. The summed E-state index contributed by atoms with van der Waals surface area (Å²) in [6.07, 6.45) is 6.27. The molecule has 1 saturated heterocycles. The van der Waals surface area contributed by atoms with E-state index in [0.717, 1.165) is 56.5 Å². The Bertz CT molecular complexity index is 713. The van der Waals surface area contributed by atoms with E-state index in [0.29, 0.717) is 25.0 Å². The number of hydrogen-bond acceptors (Lipinski definition) is 4.